The zero-order valence-electron chi connectivity index (χ0n) is 17.7. The predicted molar refractivity (Wildman–Crippen MR) is 120 cm³/mol. The first-order valence-corrected chi connectivity index (χ1v) is 10.7. The third-order valence-corrected chi connectivity index (χ3v) is 5.73. The standard InChI is InChI=1S/C23H27N3O3S/c1-15-9-16(2)22(17(3)10-15)25-21(28)14-30-23-24-19(13-27)12-26(23)11-18-5-7-20(29-4)8-6-18/h5-10,12,27H,11,13-14H2,1-4H3,(H,25,28). The molecule has 1 aromatic heterocycles. The molecule has 1 amide bonds. The zero-order valence-corrected chi connectivity index (χ0v) is 18.5. The Balaban J connectivity index is 1.68. The van der Waals surface area contributed by atoms with Crippen molar-refractivity contribution in [1.82, 2.24) is 9.55 Å². The lowest BCUT2D eigenvalue weighted by atomic mass is 10.1. The van der Waals surface area contributed by atoms with Crippen molar-refractivity contribution >= 4 is 23.4 Å². The van der Waals surface area contributed by atoms with Crippen molar-refractivity contribution in [1.29, 1.82) is 0 Å². The summed E-state index contributed by atoms with van der Waals surface area (Å²) in [6, 6.07) is 11.9. The second-order valence-electron chi connectivity index (χ2n) is 7.26. The summed E-state index contributed by atoms with van der Waals surface area (Å²) >= 11 is 1.36. The fraction of sp³-hybridized carbons (Fsp3) is 0.304. The maximum Gasteiger partial charge on any atom is 0.234 e. The first-order chi connectivity index (χ1) is 14.4. The van der Waals surface area contributed by atoms with Gasteiger partial charge in [-0.2, -0.15) is 0 Å². The van der Waals surface area contributed by atoms with Crippen molar-refractivity contribution in [3.8, 4) is 5.75 Å². The summed E-state index contributed by atoms with van der Waals surface area (Å²) in [5, 5.41) is 13.2. The Morgan fingerprint density at radius 1 is 1.17 bits per heavy atom. The Kier molecular flexibility index (Phi) is 7.18. The second-order valence-corrected chi connectivity index (χ2v) is 8.20. The van der Waals surface area contributed by atoms with Crippen LogP contribution in [0.1, 0.15) is 27.9 Å². The van der Waals surface area contributed by atoms with Crippen molar-refractivity contribution in [2.45, 2.75) is 39.1 Å². The largest absolute Gasteiger partial charge is 0.497 e. The molecular weight excluding hydrogens is 398 g/mol. The van der Waals surface area contributed by atoms with Crippen molar-refractivity contribution < 1.29 is 14.6 Å². The highest BCUT2D eigenvalue weighted by molar-refractivity contribution is 7.99. The first kappa shape index (κ1) is 21.9. The molecule has 0 saturated carbocycles. The number of ether oxygens (including phenoxy) is 1. The maximum absolute atomic E-state index is 12.6. The van der Waals surface area contributed by atoms with Crippen molar-refractivity contribution in [2.24, 2.45) is 0 Å². The molecular formula is C23H27N3O3S. The van der Waals surface area contributed by atoms with Gasteiger partial charge in [0.1, 0.15) is 5.75 Å². The Hall–Kier alpha value is -2.77. The van der Waals surface area contributed by atoms with Crippen LogP contribution in [-0.2, 0) is 17.9 Å². The van der Waals surface area contributed by atoms with Crippen molar-refractivity contribution in [3.05, 3.63) is 70.5 Å². The molecule has 158 valence electrons. The zero-order chi connectivity index (χ0) is 21.7. The van der Waals surface area contributed by atoms with Crippen LogP contribution in [-0.4, -0.2) is 33.4 Å². The Bertz CT molecular complexity index is 1010. The van der Waals surface area contributed by atoms with E-state index in [0.29, 0.717) is 17.4 Å². The van der Waals surface area contributed by atoms with E-state index in [1.165, 1.54) is 17.3 Å². The molecule has 0 aliphatic carbocycles. The van der Waals surface area contributed by atoms with Gasteiger partial charge in [0.25, 0.3) is 0 Å². The van der Waals surface area contributed by atoms with Crippen LogP contribution in [0.2, 0.25) is 0 Å². The second kappa shape index (κ2) is 9.82. The van der Waals surface area contributed by atoms with Gasteiger partial charge < -0.3 is 19.7 Å². The number of nitrogens with zero attached hydrogens (tertiary/aromatic N) is 2. The molecule has 0 aliphatic rings. The van der Waals surface area contributed by atoms with Gasteiger partial charge in [0.2, 0.25) is 5.91 Å². The number of benzene rings is 2. The van der Waals surface area contributed by atoms with E-state index in [0.717, 1.165) is 28.1 Å². The molecule has 30 heavy (non-hydrogen) atoms. The number of aliphatic hydroxyl groups excluding tert-OH is 1. The van der Waals surface area contributed by atoms with Crippen LogP contribution in [0.3, 0.4) is 0 Å². The van der Waals surface area contributed by atoms with E-state index in [1.807, 2.05) is 55.8 Å². The number of nitrogens with one attached hydrogen (secondary N) is 1. The number of amides is 1. The van der Waals surface area contributed by atoms with Crippen LogP contribution < -0.4 is 10.1 Å². The summed E-state index contributed by atoms with van der Waals surface area (Å²) in [5.74, 6) is 0.949. The Labute approximate surface area is 181 Å². The molecule has 2 aromatic carbocycles. The quantitative estimate of drug-likeness (QED) is 0.532. The molecule has 0 unspecified atom stereocenters. The minimum Gasteiger partial charge on any atom is -0.497 e. The van der Waals surface area contributed by atoms with E-state index >= 15 is 0 Å². The molecule has 0 fully saturated rings. The minimum absolute atomic E-state index is 0.0837. The number of methoxy groups -OCH3 is 1. The van der Waals surface area contributed by atoms with Crippen LogP contribution >= 0.6 is 11.8 Å². The van der Waals surface area contributed by atoms with Gasteiger partial charge in [-0.05, 0) is 49.6 Å². The number of hydrogen-bond acceptors (Lipinski definition) is 5. The number of rotatable bonds is 8. The van der Waals surface area contributed by atoms with E-state index in [9.17, 15) is 9.90 Å². The number of carbonyl (C=O) groups excluding carboxylic acids is 1. The highest BCUT2D eigenvalue weighted by Crippen LogP contribution is 2.24. The highest BCUT2D eigenvalue weighted by atomic mass is 32.2. The summed E-state index contributed by atoms with van der Waals surface area (Å²) in [7, 11) is 1.64. The number of imidazole rings is 1. The number of aromatic nitrogens is 2. The summed E-state index contributed by atoms with van der Waals surface area (Å²) in [6.45, 7) is 6.49. The van der Waals surface area contributed by atoms with Gasteiger partial charge in [-0.15, -0.1) is 0 Å². The molecule has 6 nitrogen and oxygen atoms in total. The number of anilines is 1. The third-order valence-electron chi connectivity index (χ3n) is 4.74. The molecule has 0 radical (unpaired) electrons. The van der Waals surface area contributed by atoms with Crippen LogP contribution in [0.25, 0.3) is 0 Å². The molecule has 0 spiro atoms. The number of aliphatic hydroxyl groups is 1. The molecule has 3 aromatic rings. The Morgan fingerprint density at radius 2 is 1.83 bits per heavy atom. The number of carbonyl (C=O) groups is 1. The molecule has 7 heteroatoms. The van der Waals surface area contributed by atoms with E-state index < -0.39 is 0 Å². The van der Waals surface area contributed by atoms with Gasteiger partial charge in [0.05, 0.1) is 25.2 Å². The lowest BCUT2D eigenvalue weighted by molar-refractivity contribution is -0.113. The fourth-order valence-corrected chi connectivity index (χ4v) is 4.16. The molecule has 2 N–H and O–H groups in total. The summed E-state index contributed by atoms with van der Waals surface area (Å²) in [6.07, 6.45) is 1.82. The van der Waals surface area contributed by atoms with Gasteiger partial charge in [-0.3, -0.25) is 4.79 Å². The highest BCUT2D eigenvalue weighted by Gasteiger charge is 2.13. The van der Waals surface area contributed by atoms with E-state index in [4.69, 9.17) is 4.74 Å². The number of thioether (sulfide) groups is 1. The molecule has 0 bridgehead atoms. The van der Waals surface area contributed by atoms with Gasteiger partial charge in [-0.25, -0.2) is 4.98 Å². The van der Waals surface area contributed by atoms with Gasteiger partial charge in [0.15, 0.2) is 5.16 Å². The molecule has 3 rings (SSSR count). The SMILES string of the molecule is COc1ccc(Cn2cc(CO)nc2SCC(=O)Nc2c(C)cc(C)cc2C)cc1. The summed E-state index contributed by atoms with van der Waals surface area (Å²) in [4.78, 5) is 17.0. The van der Waals surface area contributed by atoms with Gasteiger partial charge in [-0.1, -0.05) is 41.6 Å². The molecule has 0 saturated heterocycles. The lowest BCUT2D eigenvalue weighted by Gasteiger charge is -2.13. The predicted octanol–water partition coefficient (Wildman–Crippen LogP) is 4.09. The topological polar surface area (TPSA) is 76.4 Å². The minimum atomic E-state index is -0.142. The first-order valence-electron chi connectivity index (χ1n) is 9.70. The van der Waals surface area contributed by atoms with Crippen LogP contribution in [0.15, 0.2) is 47.8 Å². The van der Waals surface area contributed by atoms with Gasteiger partial charge in [0, 0.05) is 18.4 Å². The average molecular weight is 426 g/mol. The summed E-state index contributed by atoms with van der Waals surface area (Å²) in [5.41, 5.74) is 5.80. The normalized spacial score (nSPS) is 10.8. The fourth-order valence-electron chi connectivity index (χ4n) is 3.37. The smallest absolute Gasteiger partial charge is 0.234 e. The van der Waals surface area contributed by atoms with Crippen molar-refractivity contribution in [3.63, 3.8) is 0 Å². The number of aryl methyl sites for hydroxylation is 3. The van der Waals surface area contributed by atoms with E-state index in [1.54, 1.807) is 7.11 Å². The molecule has 1 heterocycles. The van der Waals surface area contributed by atoms with Crippen LogP contribution in [0.4, 0.5) is 5.69 Å². The van der Waals surface area contributed by atoms with E-state index in [2.05, 4.69) is 22.4 Å². The Morgan fingerprint density at radius 3 is 2.43 bits per heavy atom. The number of hydrogen-bond donors (Lipinski definition) is 2. The van der Waals surface area contributed by atoms with E-state index in [-0.39, 0.29) is 18.3 Å². The van der Waals surface area contributed by atoms with Crippen LogP contribution in [0.5, 0.6) is 5.75 Å². The van der Waals surface area contributed by atoms with Crippen LogP contribution in [0, 0.1) is 20.8 Å². The maximum atomic E-state index is 12.6. The molecule has 0 aliphatic heterocycles. The summed E-state index contributed by atoms with van der Waals surface area (Å²) < 4.78 is 7.15. The van der Waals surface area contributed by atoms with Crippen molar-refractivity contribution in [2.75, 3.05) is 18.2 Å². The average Bonchev–Trinajstić information content (AvgIpc) is 3.11. The van der Waals surface area contributed by atoms with Gasteiger partial charge >= 0.3 is 0 Å². The molecule has 0 atom stereocenters. The monoisotopic (exact) mass is 425 g/mol. The lowest BCUT2D eigenvalue weighted by Crippen LogP contribution is -2.16. The third kappa shape index (κ3) is 5.43.